The van der Waals surface area contributed by atoms with Crippen LogP contribution in [0.25, 0.3) is 0 Å². The van der Waals surface area contributed by atoms with Crippen molar-refractivity contribution in [2.24, 2.45) is 0 Å². The van der Waals surface area contributed by atoms with Gasteiger partial charge in [-0.2, -0.15) is 0 Å². The van der Waals surface area contributed by atoms with Crippen molar-refractivity contribution in [3.05, 3.63) is 65.7 Å². The topological polar surface area (TPSA) is 95.0 Å². The van der Waals surface area contributed by atoms with Gasteiger partial charge in [0, 0.05) is 33.1 Å². The molecule has 2 atom stereocenters. The Labute approximate surface area is 170 Å². The van der Waals surface area contributed by atoms with Gasteiger partial charge in [0.2, 0.25) is 0 Å². The second-order valence-corrected chi connectivity index (χ2v) is 9.65. The number of aromatic carboxylic acids is 1. The van der Waals surface area contributed by atoms with Crippen LogP contribution in [-0.4, -0.2) is 67.8 Å². The number of piperidine rings is 1. The number of sulfone groups is 1. The van der Waals surface area contributed by atoms with Crippen LogP contribution in [0.1, 0.15) is 28.3 Å². The third-order valence-electron chi connectivity index (χ3n) is 5.18. The molecule has 2 unspecified atom stereocenters. The van der Waals surface area contributed by atoms with Crippen molar-refractivity contribution in [3.8, 4) is 0 Å². The van der Waals surface area contributed by atoms with Crippen LogP contribution in [0, 0.1) is 0 Å². The van der Waals surface area contributed by atoms with Crippen molar-refractivity contribution in [3.63, 3.8) is 0 Å². The molecule has 7 nitrogen and oxygen atoms in total. The van der Waals surface area contributed by atoms with Gasteiger partial charge in [0.05, 0.1) is 15.7 Å². The fraction of sp³-hybridized carbons (Fsp3) is 0.333. The van der Waals surface area contributed by atoms with Crippen molar-refractivity contribution < 1.29 is 23.1 Å². The Balaban J connectivity index is 1.98. The summed E-state index contributed by atoms with van der Waals surface area (Å²) < 4.78 is 26.7. The number of hydrogen-bond acceptors (Lipinski definition) is 4. The third kappa shape index (κ3) is 4.42. The highest BCUT2D eigenvalue weighted by molar-refractivity contribution is 7.92. The van der Waals surface area contributed by atoms with E-state index in [9.17, 15) is 23.1 Å². The lowest BCUT2D eigenvalue weighted by atomic mass is 9.90. The van der Waals surface area contributed by atoms with Crippen LogP contribution >= 0.6 is 0 Å². The third-order valence-corrected chi connectivity index (χ3v) is 7.31. The molecule has 1 aliphatic rings. The minimum absolute atomic E-state index is 0.0339. The van der Waals surface area contributed by atoms with Gasteiger partial charge in [0.15, 0.2) is 9.84 Å². The molecule has 0 spiro atoms. The zero-order chi connectivity index (χ0) is 21.2. The number of rotatable bonds is 4. The van der Waals surface area contributed by atoms with Crippen LogP contribution in [0.5, 0.6) is 0 Å². The molecule has 3 rings (SSSR count). The molecule has 0 aliphatic carbocycles. The second-order valence-electron chi connectivity index (χ2n) is 7.43. The SMILES string of the molecule is CN(C)C(=O)N1CC(c2ccccc2)CC(S(=O)(=O)c2cccc(C(=O)O)c2)C1. The normalized spacial score (nSPS) is 19.6. The Morgan fingerprint density at radius 2 is 1.72 bits per heavy atom. The molecule has 0 aromatic heterocycles. The quantitative estimate of drug-likeness (QED) is 0.827. The molecular weight excluding hydrogens is 392 g/mol. The standard InChI is InChI=1S/C21H24N2O5S/c1-22(2)21(26)23-13-17(15-7-4-3-5-8-15)12-19(14-23)29(27,28)18-10-6-9-16(11-18)20(24)25/h3-11,17,19H,12-14H2,1-2H3,(H,24,25). The zero-order valence-corrected chi connectivity index (χ0v) is 17.2. The van der Waals surface area contributed by atoms with E-state index in [1.165, 1.54) is 29.2 Å². The Bertz CT molecular complexity index is 1000. The first-order chi connectivity index (χ1) is 13.7. The summed E-state index contributed by atoms with van der Waals surface area (Å²) in [6.45, 7) is 0.502. The van der Waals surface area contributed by atoms with E-state index in [0.29, 0.717) is 13.0 Å². The van der Waals surface area contributed by atoms with Crippen LogP contribution < -0.4 is 0 Å². The number of carboxylic acids is 1. The fourth-order valence-electron chi connectivity index (χ4n) is 3.68. The minimum atomic E-state index is -3.83. The van der Waals surface area contributed by atoms with Gasteiger partial charge in [0.1, 0.15) is 0 Å². The van der Waals surface area contributed by atoms with E-state index in [1.54, 1.807) is 19.0 Å². The van der Waals surface area contributed by atoms with Crippen LogP contribution in [0.4, 0.5) is 4.79 Å². The van der Waals surface area contributed by atoms with Crippen LogP contribution in [0.2, 0.25) is 0 Å². The molecule has 0 bridgehead atoms. The highest BCUT2D eigenvalue weighted by Crippen LogP contribution is 2.33. The van der Waals surface area contributed by atoms with Gasteiger partial charge in [-0.1, -0.05) is 36.4 Å². The number of urea groups is 1. The van der Waals surface area contributed by atoms with Crippen molar-refractivity contribution in [1.82, 2.24) is 9.80 Å². The van der Waals surface area contributed by atoms with E-state index in [4.69, 9.17) is 0 Å². The first kappa shape index (κ1) is 20.9. The molecule has 1 heterocycles. The minimum Gasteiger partial charge on any atom is -0.478 e. The van der Waals surface area contributed by atoms with Crippen molar-refractivity contribution >= 4 is 21.8 Å². The Morgan fingerprint density at radius 3 is 2.34 bits per heavy atom. The van der Waals surface area contributed by atoms with Gasteiger partial charge in [-0.05, 0) is 30.2 Å². The summed E-state index contributed by atoms with van der Waals surface area (Å²) in [7, 11) is -0.560. The van der Waals surface area contributed by atoms with Gasteiger partial charge >= 0.3 is 12.0 Å². The summed E-state index contributed by atoms with van der Waals surface area (Å²) in [6, 6.07) is 14.7. The Morgan fingerprint density at radius 1 is 1.03 bits per heavy atom. The first-order valence-electron chi connectivity index (χ1n) is 9.28. The molecule has 2 amide bonds. The summed E-state index contributed by atoms with van der Waals surface area (Å²) in [6.07, 6.45) is 0.362. The Kier molecular flexibility index (Phi) is 5.93. The van der Waals surface area contributed by atoms with Crippen LogP contribution in [0.3, 0.4) is 0 Å². The predicted molar refractivity (Wildman–Crippen MR) is 109 cm³/mol. The van der Waals surface area contributed by atoms with E-state index in [1.807, 2.05) is 30.3 Å². The molecule has 1 fully saturated rings. The lowest BCUT2D eigenvalue weighted by molar-refractivity contribution is 0.0696. The molecule has 1 N–H and O–H groups in total. The molecule has 154 valence electrons. The van der Waals surface area contributed by atoms with Crippen molar-refractivity contribution in [2.75, 3.05) is 27.2 Å². The summed E-state index contributed by atoms with van der Waals surface area (Å²) in [5, 5.41) is 8.37. The number of benzene rings is 2. The van der Waals surface area contributed by atoms with Gasteiger partial charge in [-0.25, -0.2) is 18.0 Å². The molecule has 2 aromatic carbocycles. The molecule has 8 heteroatoms. The summed E-state index contributed by atoms with van der Waals surface area (Å²) in [4.78, 5) is 26.8. The number of likely N-dealkylation sites (tertiary alicyclic amines) is 1. The Hall–Kier alpha value is -2.87. The lowest BCUT2D eigenvalue weighted by Gasteiger charge is -2.38. The highest BCUT2D eigenvalue weighted by Gasteiger charge is 2.39. The average molecular weight is 416 g/mol. The van der Waals surface area contributed by atoms with Gasteiger partial charge in [-0.15, -0.1) is 0 Å². The number of carbonyl (C=O) groups is 2. The predicted octanol–water partition coefficient (Wildman–Crippen LogP) is 2.70. The maximum Gasteiger partial charge on any atom is 0.335 e. The monoisotopic (exact) mass is 416 g/mol. The second kappa shape index (κ2) is 8.24. The number of hydrogen-bond donors (Lipinski definition) is 1. The fourth-order valence-corrected chi connectivity index (χ4v) is 5.49. The van der Waals surface area contributed by atoms with E-state index in [2.05, 4.69) is 0 Å². The molecule has 0 saturated carbocycles. The average Bonchev–Trinajstić information content (AvgIpc) is 2.73. The van der Waals surface area contributed by atoms with Gasteiger partial charge in [-0.3, -0.25) is 0 Å². The number of amides is 2. The lowest BCUT2D eigenvalue weighted by Crippen LogP contribution is -2.51. The largest absolute Gasteiger partial charge is 0.478 e. The molecular formula is C21H24N2O5S. The van der Waals surface area contributed by atoms with E-state index in [-0.39, 0.29) is 29.0 Å². The molecule has 1 aliphatic heterocycles. The molecule has 29 heavy (non-hydrogen) atoms. The first-order valence-corrected chi connectivity index (χ1v) is 10.8. The maximum atomic E-state index is 13.3. The van der Waals surface area contributed by atoms with Crippen molar-refractivity contribution in [2.45, 2.75) is 22.5 Å². The number of nitrogens with zero attached hydrogens (tertiary/aromatic N) is 2. The van der Waals surface area contributed by atoms with E-state index in [0.717, 1.165) is 5.56 Å². The van der Waals surface area contributed by atoms with Gasteiger partial charge < -0.3 is 14.9 Å². The van der Waals surface area contributed by atoms with Crippen molar-refractivity contribution in [1.29, 1.82) is 0 Å². The highest BCUT2D eigenvalue weighted by atomic mass is 32.2. The van der Waals surface area contributed by atoms with Gasteiger partial charge in [0.25, 0.3) is 0 Å². The molecule has 2 aromatic rings. The number of carbonyl (C=O) groups excluding carboxylic acids is 1. The van der Waals surface area contributed by atoms with E-state index < -0.39 is 21.1 Å². The van der Waals surface area contributed by atoms with Crippen LogP contribution in [-0.2, 0) is 9.84 Å². The molecule has 0 radical (unpaired) electrons. The smallest absolute Gasteiger partial charge is 0.335 e. The number of carboxylic acid groups (broad SMARTS) is 1. The molecule has 1 saturated heterocycles. The van der Waals surface area contributed by atoms with Crippen LogP contribution in [0.15, 0.2) is 59.5 Å². The summed E-state index contributed by atoms with van der Waals surface area (Å²) >= 11 is 0. The maximum absolute atomic E-state index is 13.3. The zero-order valence-electron chi connectivity index (χ0n) is 16.4. The van der Waals surface area contributed by atoms with E-state index >= 15 is 0 Å². The summed E-state index contributed by atoms with van der Waals surface area (Å²) in [5.41, 5.74) is 0.894. The summed E-state index contributed by atoms with van der Waals surface area (Å²) in [5.74, 6) is -1.31.